The van der Waals surface area contributed by atoms with E-state index in [-0.39, 0.29) is 23.6 Å². The van der Waals surface area contributed by atoms with Crippen LogP contribution in [0.5, 0.6) is 5.75 Å². The molecule has 1 saturated heterocycles. The van der Waals surface area contributed by atoms with Crippen LogP contribution in [0.2, 0.25) is 0 Å². The molecule has 1 aliphatic heterocycles. The van der Waals surface area contributed by atoms with Crippen LogP contribution in [-0.4, -0.2) is 50.2 Å². The summed E-state index contributed by atoms with van der Waals surface area (Å²) in [6.07, 6.45) is -4.99. The van der Waals surface area contributed by atoms with Gasteiger partial charge in [0.2, 0.25) is 10.0 Å². The summed E-state index contributed by atoms with van der Waals surface area (Å²) in [6, 6.07) is 13.5. The number of rotatable bonds is 5. The van der Waals surface area contributed by atoms with Crippen molar-refractivity contribution >= 4 is 26.0 Å². The van der Waals surface area contributed by atoms with Crippen LogP contribution in [0, 0.1) is 0 Å². The van der Waals surface area contributed by atoms with Crippen molar-refractivity contribution in [3.05, 3.63) is 58.6 Å². The van der Waals surface area contributed by atoms with Gasteiger partial charge < -0.3 is 4.74 Å². The maximum absolute atomic E-state index is 13.0. The Kier molecular flexibility index (Phi) is 6.57. The summed E-state index contributed by atoms with van der Waals surface area (Å²) in [6.45, 7) is 3.36. The molecule has 1 unspecified atom stereocenters. The molecule has 1 atom stereocenters. The van der Waals surface area contributed by atoms with Gasteiger partial charge in [0.25, 0.3) is 0 Å². The Bertz CT molecular complexity index is 947. The molecule has 1 aliphatic rings. The lowest BCUT2D eigenvalue weighted by molar-refractivity contribution is -0.275. The Morgan fingerprint density at radius 2 is 1.66 bits per heavy atom. The van der Waals surface area contributed by atoms with Crippen molar-refractivity contribution in [2.75, 3.05) is 26.2 Å². The fraction of sp³-hybridized carbons (Fsp3) is 0.368. The van der Waals surface area contributed by atoms with Gasteiger partial charge in [-0.05, 0) is 30.7 Å². The maximum atomic E-state index is 13.0. The average Bonchev–Trinajstić information content (AvgIpc) is 2.67. The first-order chi connectivity index (χ1) is 13.6. The van der Waals surface area contributed by atoms with E-state index in [9.17, 15) is 21.6 Å². The molecule has 1 fully saturated rings. The monoisotopic (exact) mass is 492 g/mol. The fourth-order valence-electron chi connectivity index (χ4n) is 3.31. The third kappa shape index (κ3) is 5.30. The number of piperazine rings is 1. The lowest BCUT2D eigenvalue weighted by Gasteiger charge is -2.37. The van der Waals surface area contributed by atoms with E-state index in [1.54, 1.807) is 0 Å². The van der Waals surface area contributed by atoms with Gasteiger partial charge in [0.05, 0.1) is 0 Å². The first-order valence-corrected chi connectivity index (χ1v) is 11.2. The Balaban J connectivity index is 1.77. The number of halogens is 4. The van der Waals surface area contributed by atoms with E-state index in [0.29, 0.717) is 13.1 Å². The van der Waals surface area contributed by atoms with Crippen LogP contribution in [0.15, 0.2) is 57.9 Å². The highest BCUT2D eigenvalue weighted by Gasteiger charge is 2.37. The van der Waals surface area contributed by atoms with E-state index in [2.05, 4.69) is 25.6 Å². The molecule has 3 rings (SSSR count). The summed E-state index contributed by atoms with van der Waals surface area (Å²) in [4.78, 5) is 1.65. The van der Waals surface area contributed by atoms with Gasteiger partial charge in [-0.3, -0.25) is 4.90 Å². The van der Waals surface area contributed by atoms with Crippen LogP contribution in [-0.2, 0) is 10.0 Å². The molecule has 0 saturated carbocycles. The predicted molar refractivity (Wildman–Crippen MR) is 106 cm³/mol. The maximum Gasteiger partial charge on any atom is 0.573 e. The quantitative estimate of drug-likeness (QED) is 0.619. The van der Waals surface area contributed by atoms with Crippen LogP contribution < -0.4 is 4.74 Å². The number of hydrogen-bond acceptors (Lipinski definition) is 4. The zero-order valence-corrected chi connectivity index (χ0v) is 18.0. The molecule has 0 N–H and O–H groups in total. The second-order valence-electron chi connectivity index (χ2n) is 6.67. The minimum absolute atomic E-state index is 0.109. The molecule has 1 heterocycles. The van der Waals surface area contributed by atoms with Crippen LogP contribution in [0.1, 0.15) is 18.5 Å². The van der Waals surface area contributed by atoms with Gasteiger partial charge in [-0.2, -0.15) is 4.31 Å². The van der Waals surface area contributed by atoms with Crippen molar-refractivity contribution in [2.45, 2.75) is 24.2 Å². The molecule has 2 aromatic rings. The summed E-state index contributed by atoms with van der Waals surface area (Å²) >= 11 is 3.05. The van der Waals surface area contributed by atoms with Gasteiger partial charge >= 0.3 is 6.36 Å². The summed E-state index contributed by atoms with van der Waals surface area (Å²) in [5.74, 6) is -0.744. The molecule has 0 aromatic heterocycles. The largest absolute Gasteiger partial charge is 0.573 e. The SMILES string of the molecule is CC(c1ccccc1)N1CCN(S(=O)(=O)c2ccc(Br)cc2OC(F)(F)F)CC1. The van der Waals surface area contributed by atoms with E-state index in [4.69, 9.17) is 0 Å². The van der Waals surface area contributed by atoms with Crippen LogP contribution in [0.25, 0.3) is 0 Å². The van der Waals surface area contributed by atoms with E-state index in [1.165, 1.54) is 10.4 Å². The second-order valence-corrected chi connectivity index (χ2v) is 9.49. The number of sulfonamides is 1. The molecule has 158 valence electrons. The molecule has 2 aromatic carbocycles. The van der Waals surface area contributed by atoms with Crippen molar-refractivity contribution in [3.63, 3.8) is 0 Å². The normalized spacial score (nSPS) is 17.8. The van der Waals surface area contributed by atoms with Crippen molar-refractivity contribution in [3.8, 4) is 5.75 Å². The standard InChI is InChI=1S/C19H20BrF3N2O3S/c1-14(15-5-3-2-4-6-15)24-9-11-25(12-10-24)29(26,27)18-8-7-16(20)13-17(18)28-19(21,22)23/h2-8,13-14H,9-12H2,1H3. The summed E-state index contributed by atoms with van der Waals surface area (Å²) in [7, 11) is -4.13. The van der Waals surface area contributed by atoms with Gasteiger partial charge in [0.1, 0.15) is 4.90 Å². The van der Waals surface area contributed by atoms with Crippen molar-refractivity contribution in [1.82, 2.24) is 9.21 Å². The smallest absolute Gasteiger partial charge is 0.404 e. The van der Waals surface area contributed by atoms with Crippen LogP contribution in [0.3, 0.4) is 0 Å². The number of alkyl halides is 3. The third-order valence-electron chi connectivity index (χ3n) is 4.85. The van der Waals surface area contributed by atoms with Crippen molar-refractivity contribution in [2.24, 2.45) is 0 Å². The first-order valence-electron chi connectivity index (χ1n) is 8.92. The van der Waals surface area contributed by atoms with Crippen LogP contribution >= 0.6 is 15.9 Å². The third-order valence-corrected chi connectivity index (χ3v) is 7.28. The topological polar surface area (TPSA) is 49.9 Å². The average molecular weight is 493 g/mol. The Morgan fingerprint density at radius 3 is 2.24 bits per heavy atom. The zero-order chi connectivity index (χ0) is 21.2. The number of benzene rings is 2. The van der Waals surface area contributed by atoms with Crippen molar-refractivity contribution < 1.29 is 26.3 Å². The second kappa shape index (κ2) is 8.63. The van der Waals surface area contributed by atoms with Crippen LogP contribution in [0.4, 0.5) is 13.2 Å². The predicted octanol–water partition coefficient (Wildman–Crippen LogP) is 4.42. The summed E-state index contributed by atoms with van der Waals surface area (Å²) in [5, 5.41) is 0. The van der Waals surface area contributed by atoms with Gasteiger partial charge in [-0.15, -0.1) is 13.2 Å². The summed E-state index contributed by atoms with van der Waals surface area (Å²) < 4.78 is 69.6. The van der Waals surface area contributed by atoms with Gasteiger partial charge in [0, 0.05) is 36.7 Å². The zero-order valence-electron chi connectivity index (χ0n) is 15.6. The molecule has 0 bridgehead atoms. The minimum atomic E-state index is -4.99. The van der Waals surface area contributed by atoms with Gasteiger partial charge in [0.15, 0.2) is 5.75 Å². The molecular formula is C19H20BrF3N2O3S. The van der Waals surface area contributed by atoms with Gasteiger partial charge in [-0.1, -0.05) is 46.3 Å². The van der Waals surface area contributed by atoms with Crippen molar-refractivity contribution in [1.29, 1.82) is 0 Å². The highest BCUT2D eigenvalue weighted by Crippen LogP contribution is 2.34. The molecule has 29 heavy (non-hydrogen) atoms. The molecule has 0 spiro atoms. The van der Waals surface area contributed by atoms with Gasteiger partial charge in [-0.25, -0.2) is 8.42 Å². The highest BCUT2D eigenvalue weighted by molar-refractivity contribution is 9.10. The number of ether oxygens (including phenoxy) is 1. The first kappa shape index (κ1) is 22.1. The molecule has 10 heteroatoms. The summed E-state index contributed by atoms with van der Waals surface area (Å²) in [5.41, 5.74) is 1.12. The fourth-order valence-corrected chi connectivity index (χ4v) is 5.17. The van der Waals surface area contributed by atoms with E-state index in [0.717, 1.165) is 17.7 Å². The van der Waals surface area contributed by atoms with E-state index in [1.807, 2.05) is 37.3 Å². The number of nitrogens with zero attached hydrogens (tertiary/aromatic N) is 2. The van der Waals surface area contributed by atoms with E-state index < -0.39 is 27.0 Å². The Hall–Kier alpha value is -1.62. The molecule has 5 nitrogen and oxygen atoms in total. The highest BCUT2D eigenvalue weighted by atomic mass is 79.9. The molecular weight excluding hydrogens is 473 g/mol. The lowest BCUT2D eigenvalue weighted by Crippen LogP contribution is -2.49. The lowest BCUT2D eigenvalue weighted by atomic mass is 10.1. The Labute approximate surface area is 176 Å². The molecule has 0 aliphatic carbocycles. The molecule has 0 amide bonds. The minimum Gasteiger partial charge on any atom is -0.404 e. The molecule has 0 radical (unpaired) electrons. The van der Waals surface area contributed by atoms with E-state index >= 15 is 0 Å². The Morgan fingerprint density at radius 1 is 1.03 bits per heavy atom. The number of hydrogen-bond donors (Lipinski definition) is 0.